The molecule has 0 bridgehead atoms. The van der Waals surface area contributed by atoms with Gasteiger partial charge in [-0.05, 0) is 30.0 Å². The average Bonchev–Trinajstić information content (AvgIpc) is 2.37. The van der Waals surface area contributed by atoms with Crippen LogP contribution in [0.4, 0.5) is 0 Å². The number of carbonyl (C=O) groups is 1. The van der Waals surface area contributed by atoms with Gasteiger partial charge in [-0.25, -0.2) is 4.79 Å². The number of aliphatic carboxylic acids is 1. The number of ether oxygens (including phenoxy) is 2. The van der Waals surface area contributed by atoms with Crippen LogP contribution < -0.4 is 9.47 Å². The van der Waals surface area contributed by atoms with Gasteiger partial charge < -0.3 is 19.7 Å². The van der Waals surface area contributed by atoms with Crippen molar-refractivity contribution in [1.29, 1.82) is 0 Å². The van der Waals surface area contributed by atoms with Crippen LogP contribution >= 0.6 is 0 Å². The maximum Gasteiger partial charge on any atom is 0.332 e. The summed E-state index contributed by atoms with van der Waals surface area (Å²) in [5.74, 6) is -0.372. The molecule has 0 aromatic heterocycles. The van der Waals surface area contributed by atoms with Crippen molar-refractivity contribution in [2.75, 3.05) is 14.2 Å². The van der Waals surface area contributed by atoms with Crippen LogP contribution in [0, 0.1) is 5.92 Å². The maximum absolute atomic E-state index is 10.7. The lowest BCUT2D eigenvalue weighted by Gasteiger charge is -2.16. The van der Waals surface area contributed by atoms with Gasteiger partial charge in [0, 0.05) is 0 Å². The fourth-order valence-corrected chi connectivity index (χ4v) is 1.73. The fraction of sp³-hybridized carbons (Fsp3) is 0.462. The van der Waals surface area contributed by atoms with Crippen LogP contribution in [0.25, 0.3) is 0 Å². The summed E-state index contributed by atoms with van der Waals surface area (Å²) in [6.07, 6.45) is -0.911. The minimum absolute atomic E-state index is 0.374. The van der Waals surface area contributed by atoms with E-state index in [0.717, 1.165) is 5.56 Å². The first-order valence-corrected chi connectivity index (χ1v) is 5.61. The van der Waals surface area contributed by atoms with E-state index < -0.39 is 12.1 Å². The minimum atomic E-state index is -1.36. The first-order chi connectivity index (χ1) is 8.49. The topological polar surface area (TPSA) is 76.0 Å². The van der Waals surface area contributed by atoms with Gasteiger partial charge in [0.05, 0.1) is 14.2 Å². The predicted molar refractivity (Wildman–Crippen MR) is 66.1 cm³/mol. The van der Waals surface area contributed by atoms with Gasteiger partial charge in [-0.2, -0.15) is 0 Å². The molecule has 2 N–H and O–H groups in total. The lowest BCUT2D eigenvalue weighted by molar-refractivity contribution is -0.149. The molecule has 0 aliphatic rings. The van der Waals surface area contributed by atoms with E-state index in [0.29, 0.717) is 17.9 Å². The first kappa shape index (κ1) is 14.3. The zero-order chi connectivity index (χ0) is 13.7. The Morgan fingerprint density at radius 3 is 2.39 bits per heavy atom. The number of hydrogen-bond donors (Lipinski definition) is 2. The summed E-state index contributed by atoms with van der Waals surface area (Å²) in [6.45, 7) is 1.69. The van der Waals surface area contributed by atoms with Gasteiger partial charge in [-0.3, -0.25) is 0 Å². The summed E-state index contributed by atoms with van der Waals surface area (Å²) < 4.78 is 10.3. The van der Waals surface area contributed by atoms with Crippen LogP contribution in [0.2, 0.25) is 0 Å². The van der Waals surface area contributed by atoms with Crippen molar-refractivity contribution in [1.82, 2.24) is 0 Å². The first-order valence-electron chi connectivity index (χ1n) is 5.61. The van der Waals surface area contributed by atoms with Gasteiger partial charge in [0.25, 0.3) is 0 Å². The number of rotatable bonds is 6. The number of carboxylic acids is 1. The largest absolute Gasteiger partial charge is 0.493 e. The summed E-state index contributed by atoms with van der Waals surface area (Å²) in [6, 6.07) is 5.37. The van der Waals surface area contributed by atoms with Crippen molar-refractivity contribution >= 4 is 5.97 Å². The lowest BCUT2D eigenvalue weighted by Crippen LogP contribution is -2.28. The monoisotopic (exact) mass is 254 g/mol. The molecule has 1 aromatic rings. The van der Waals surface area contributed by atoms with Crippen LogP contribution in [0.5, 0.6) is 11.5 Å². The van der Waals surface area contributed by atoms with E-state index in [1.807, 2.05) is 6.07 Å². The van der Waals surface area contributed by atoms with Crippen LogP contribution in [-0.2, 0) is 11.2 Å². The number of methoxy groups -OCH3 is 2. The number of aliphatic hydroxyl groups excluding tert-OH is 1. The third kappa shape index (κ3) is 3.37. The third-order valence-corrected chi connectivity index (χ3v) is 2.80. The Morgan fingerprint density at radius 2 is 1.89 bits per heavy atom. The van der Waals surface area contributed by atoms with Crippen molar-refractivity contribution in [2.24, 2.45) is 5.92 Å². The highest BCUT2D eigenvalue weighted by molar-refractivity contribution is 5.72. The lowest BCUT2D eigenvalue weighted by atomic mass is 9.95. The molecule has 5 nitrogen and oxygen atoms in total. The number of carboxylic acid groups (broad SMARTS) is 1. The molecule has 5 heteroatoms. The fourth-order valence-electron chi connectivity index (χ4n) is 1.73. The summed E-state index contributed by atoms with van der Waals surface area (Å²) >= 11 is 0. The molecular weight excluding hydrogens is 236 g/mol. The Morgan fingerprint density at radius 1 is 1.28 bits per heavy atom. The van der Waals surface area contributed by atoms with E-state index in [2.05, 4.69) is 0 Å². The van der Waals surface area contributed by atoms with E-state index >= 15 is 0 Å². The molecule has 1 aromatic carbocycles. The summed E-state index contributed by atoms with van der Waals surface area (Å²) in [4.78, 5) is 10.7. The average molecular weight is 254 g/mol. The second-order valence-corrected chi connectivity index (χ2v) is 4.15. The van der Waals surface area contributed by atoms with E-state index in [1.165, 1.54) is 7.11 Å². The van der Waals surface area contributed by atoms with Crippen molar-refractivity contribution in [3.63, 3.8) is 0 Å². The van der Waals surface area contributed by atoms with Crippen LogP contribution in [-0.4, -0.2) is 36.5 Å². The zero-order valence-corrected chi connectivity index (χ0v) is 10.7. The van der Waals surface area contributed by atoms with Crippen LogP contribution in [0.1, 0.15) is 12.5 Å². The molecule has 0 heterocycles. The Hall–Kier alpha value is -1.75. The normalized spacial score (nSPS) is 13.8. The molecule has 0 saturated heterocycles. The highest BCUT2D eigenvalue weighted by Crippen LogP contribution is 2.28. The number of benzene rings is 1. The Labute approximate surface area is 106 Å². The van der Waals surface area contributed by atoms with Crippen LogP contribution in [0.15, 0.2) is 18.2 Å². The van der Waals surface area contributed by atoms with Crippen molar-refractivity contribution in [3.05, 3.63) is 23.8 Å². The Kier molecular flexibility index (Phi) is 4.97. The molecule has 0 amide bonds. The van der Waals surface area contributed by atoms with E-state index in [4.69, 9.17) is 14.6 Å². The van der Waals surface area contributed by atoms with Gasteiger partial charge in [0.2, 0.25) is 0 Å². The van der Waals surface area contributed by atoms with Gasteiger partial charge in [0.1, 0.15) is 0 Å². The standard InChI is InChI=1S/C13H18O5/c1-8(12(14)13(15)16)6-9-4-5-10(17-2)11(7-9)18-3/h4-5,7-8,12,14H,6H2,1-3H3,(H,15,16). The van der Waals surface area contributed by atoms with Gasteiger partial charge in [-0.1, -0.05) is 13.0 Å². The molecule has 0 aliphatic carbocycles. The van der Waals surface area contributed by atoms with Gasteiger partial charge in [0.15, 0.2) is 17.6 Å². The van der Waals surface area contributed by atoms with Crippen LogP contribution in [0.3, 0.4) is 0 Å². The summed E-state index contributed by atoms with van der Waals surface area (Å²) in [5, 5.41) is 18.1. The Balaban J connectivity index is 2.82. The summed E-state index contributed by atoms with van der Waals surface area (Å²) in [5.41, 5.74) is 0.889. The minimum Gasteiger partial charge on any atom is -0.493 e. The third-order valence-electron chi connectivity index (χ3n) is 2.80. The maximum atomic E-state index is 10.7. The second kappa shape index (κ2) is 6.26. The molecule has 100 valence electrons. The smallest absolute Gasteiger partial charge is 0.332 e. The number of hydrogen-bond acceptors (Lipinski definition) is 4. The SMILES string of the molecule is COc1ccc(CC(C)C(O)C(=O)O)cc1OC. The predicted octanol–water partition coefficient (Wildman–Crippen LogP) is 1.33. The highest BCUT2D eigenvalue weighted by Gasteiger charge is 2.22. The quantitative estimate of drug-likeness (QED) is 0.801. The molecule has 2 unspecified atom stereocenters. The van der Waals surface area contributed by atoms with Crippen molar-refractivity contribution < 1.29 is 24.5 Å². The van der Waals surface area contributed by atoms with Gasteiger partial charge >= 0.3 is 5.97 Å². The van der Waals surface area contributed by atoms with Crippen molar-refractivity contribution in [3.8, 4) is 11.5 Å². The van der Waals surface area contributed by atoms with E-state index in [1.54, 1.807) is 26.2 Å². The molecule has 0 spiro atoms. The highest BCUT2D eigenvalue weighted by atomic mass is 16.5. The molecule has 0 radical (unpaired) electrons. The molecular formula is C13H18O5. The molecule has 0 aliphatic heterocycles. The molecule has 0 fully saturated rings. The number of aliphatic hydroxyl groups is 1. The summed E-state index contributed by atoms with van der Waals surface area (Å²) in [7, 11) is 3.09. The van der Waals surface area contributed by atoms with Gasteiger partial charge in [-0.15, -0.1) is 0 Å². The second-order valence-electron chi connectivity index (χ2n) is 4.15. The van der Waals surface area contributed by atoms with Crippen molar-refractivity contribution in [2.45, 2.75) is 19.4 Å². The molecule has 1 rings (SSSR count). The van der Waals surface area contributed by atoms with E-state index in [-0.39, 0.29) is 5.92 Å². The molecule has 18 heavy (non-hydrogen) atoms. The zero-order valence-electron chi connectivity index (χ0n) is 10.7. The van der Waals surface area contributed by atoms with E-state index in [9.17, 15) is 9.90 Å². The molecule has 2 atom stereocenters. The Bertz CT molecular complexity index is 416. The molecule has 0 saturated carbocycles.